The summed E-state index contributed by atoms with van der Waals surface area (Å²) in [6.07, 6.45) is 0. The molecule has 0 aliphatic carbocycles. The van der Waals surface area contributed by atoms with Crippen molar-refractivity contribution in [3.8, 4) is 0 Å². The van der Waals surface area contributed by atoms with Gasteiger partial charge >= 0.3 is 0 Å². The van der Waals surface area contributed by atoms with Gasteiger partial charge in [-0.2, -0.15) is 0 Å². The monoisotopic (exact) mass is 184 g/mol. The van der Waals surface area contributed by atoms with E-state index >= 15 is 0 Å². The molecule has 3 nitrogen and oxygen atoms in total. The number of hydrogen-bond donors (Lipinski definition) is 3. The van der Waals surface area contributed by atoms with E-state index in [1.54, 1.807) is 6.07 Å². The van der Waals surface area contributed by atoms with E-state index in [0.717, 1.165) is 0 Å². The summed E-state index contributed by atoms with van der Waals surface area (Å²) in [5.41, 5.74) is 11.8. The summed E-state index contributed by atoms with van der Waals surface area (Å²) in [4.78, 5) is 0. The molecule has 0 bridgehead atoms. The Kier molecular flexibility index (Phi) is 3.36. The van der Waals surface area contributed by atoms with Crippen molar-refractivity contribution in [1.82, 2.24) is 0 Å². The summed E-state index contributed by atoms with van der Waals surface area (Å²) in [5.74, 6) is -0.441. The smallest absolute Gasteiger partial charge is 0.129 e. The lowest BCUT2D eigenvalue weighted by Gasteiger charge is -2.09. The first kappa shape index (κ1) is 10.1. The Hall–Kier alpha value is -0.970. The summed E-state index contributed by atoms with van der Waals surface area (Å²) in [5, 5.41) is 8.71. The fourth-order valence-electron chi connectivity index (χ4n) is 1.06. The quantitative estimate of drug-likeness (QED) is 0.631. The van der Waals surface area contributed by atoms with Crippen molar-refractivity contribution < 1.29 is 9.50 Å². The third kappa shape index (κ3) is 2.24. The Balaban J connectivity index is 2.95. The molecule has 0 aromatic heterocycles. The molecule has 72 valence electrons. The van der Waals surface area contributed by atoms with E-state index in [2.05, 4.69) is 0 Å². The highest BCUT2D eigenvalue weighted by Crippen LogP contribution is 2.14. The average Bonchev–Trinajstić information content (AvgIpc) is 2.16. The molecule has 0 radical (unpaired) electrons. The summed E-state index contributed by atoms with van der Waals surface area (Å²) >= 11 is 0. The summed E-state index contributed by atoms with van der Waals surface area (Å²) in [6.45, 7) is -0.0259. The van der Waals surface area contributed by atoms with E-state index in [-0.39, 0.29) is 24.8 Å². The molecule has 0 amide bonds. The standard InChI is InChI=1S/C9H13FN2O/c10-8-3-6(9(12)4-11)1-2-7(8)5-13/h1-3,9,13H,4-5,11-12H2. The van der Waals surface area contributed by atoms with Crippen molar-refractivity contribution in [2.45, 2.75) is 12.6 Å². The predicted molar refractivity (Wildman–Crippen MR) is 48.3 cm³/mol. The minimum atomic E-state index is -0.441. The first-order valence-corrected chi connectivity index (χ1v) is 4.04. The maximum Gasteiger partial charge on any atom is 0.129 e. The molecule has 0 aliphatic heterocycles. The van der Waals surface area contributed by atoms with Gasteiger partial charge in [-0.3, -0.25) is 0 Å². The molecule has 1 rings (SSSR count). The van der Waals surface area contributed by atoms with Crippen LogP contribution in [0.2, 0.25) is 0 Å². The summed E-state index contributed by atoms with van der Waals surface area (Å²) in [7, 11) is 0. The number of rotatable bonds is 3. The SMILES string of the molecule is NCC(N)c1ccc(CO)c(F)c1. The van der Waals surface area contributed by atoms with Crippen molar-refractivity contribution >= 4 is 0 Å². The normalized spacial score (nSPS) is 12.9. The molecule has 0 fully saturated rings. The highest BCUT2D eigenvalue weighted by Gasteiger charge is 2.07. The molecule has 1 unspecified atom stereocenters. The molecule has 0 heterocycles. The number of halogens is 1. The van der Waals surface area contributed by atoms with Gasteiger partial charge in [0, 0.05) is 18.2 Å². The van der Waals surface area contributed by atoms with E-state index in [9.17, 15) is 4.39 Å². The highest BCUT2D eigenvalue weighted by atomic mass is 19.1. The number of nitrogens with two attached hydrogens (primary N) is 2. The summed E-state index contributed by atoms with van der Waals surface area (Å²) in [6, 6.07) is 4.15. The van der Waals surface area contributed by atoms with Crippen LogP contribution in [0.25, 0.3) is 0 Å². The van der Waals surface area contributed by atoms with Crippen LogP contribution in [0.4, 0.5) is 4.39 Å². The van der Waals surface area contributed by atoms with Crippen LogP contribution in [0.1, 0.15) is 17.2 Å². The Morgan fingerprint density at radius 2 is 2.15 bits per heavy atom. The minimum Gasteiger partial charge on any atom is -0.392 e. The van der Waals surface area contributed by atoms with Gasteiger partial charge in [0.2, 0.25) is 0 Å². The summed E-state index contributed by atoms with van der Waals surface area (Å²) < 4.78 is 13.1. The zero-order chi connectivity index (χ0) is 9.84. The highest BCUT2D eigenvalue weighted by molar-refractivity contribution is 5.26. The number of aliphatic hydroxyl groups excluding tert-OH is 1. The molecule has 1 aromatic rings. The largest absolute Gasteiger partial charge is 0.392 e. The van der Waals surface area contributed by atoms with E-state index < -0.39 is 5.82 Å². The van der Waals surface area contributed by atoms with Crippen molar-refractivity contribution in [3.63, 3.8) is 0 Å². The third-order valence-corrected chi connectivity index (χ3v) is 1.93. The van der Waals surface area contributed by atoms with Crippen LogP contribution in [0.5, 0.6) is 0 Å². The van der Waals surface area contributed by atoms with Crippen molar-refractivity contribution in [1.29, 1.82) is 0 Å². The van der Waals surface area contributed by atoms with Crippen LogP contribution in [0.15, 0.2) is 18.2 Å². The number of benzene rings is 1. The van der Waals surface area contributed by atoms with Crippen LogP contribution >= 0.6 is 0 Å². The Labute approximate surface area is 76.2 Å². The Bertz CT molecular complexity index is 291. The van der Waals surface area contributed by atoms with E-state index in [1.165, 1.54) is 12.1 Å². The maximum absolute atomic E-state index is 13.1. The van der Waals surface area contributed by atoms with Gasteiger partial charge in [0.1, 0.15) is 5.82 Å². The second-order valence-electron chi connectivity index (χ2n) is 2.85. The lowest BCUT2D eigenvalue weighted by Crippen LogP contribution is -2.20. The van der Waals surface area contributed by atoms with Crippen LogP contribution in [0, 0.1) is 5.82 Å². The molecular weight excluding hydrogens is 171 g/mol. The van der Waals surface area contributed by atoms with Gasteiger partial charge in [-0.1, -0.05) is 12.1 Å². The minimum absolute atomic E-state index is 0.271. The van der Waals surface area contributed by atoms with Gasteiger partial charge in [0.15, 0.2) is 0 Å². The van der Waals surface area contributed by atoms with Gasteiger partial charge in [0.05, 0.1) is 6.61 Å². The molecule has 4 heteroatoms. The van der Waals surface area contributed by atoms with Crippen molar-refractivity contribution in [2.75, 3.05) is 6.54 Å². The first-order valence-electron chi connectivity index (χ1n) is 4.04. The van der Waals surface area contributed by atoms with E-state index in [0.29, 0.717) is 5.56 Å². The molecule has 13 heavy (non-hydrogen) atoms. The molecule has 1 atom stereocenters. The topological polar surface area (TPSA) is 72.3 Å². The molecule has 1 aromatic carbocycles. The van der Waals surface area contributed by atoms with Crippen LogP contribution in [0.3, 0.4) is 0 Å². The fourth-order valence-corrected chi connectivity index (χ4v) is 1.06. The van der Waals surface area contributed by atoms with Crippen molar-refractivity contribution in [2.24, 2.45) is 11.5 Å². The van der Waals surface area contributed by atoms with Crippen LogP contribution in [-0.4, -0.2) is 11.7 Å². The average molecular weight is 184 g/mol. The van der Waals surface area contributed by atoms with Gasteiger partial charge in [-0.15, -0.1) is 0 Å². The lowest BCUT2D eigenvalue weighted by molar-refractivity contribution is 0.275. The molecule has 0 spiro atoms. The molecule has 5 N–H and O–H groups in total. The van der Waals surface area contributed by atoms with E-state index in [1.807, 2.05) is 0 Å². The van der Waals surface area contributed by atoms with Gasteiger partial charge < -0.3 is 16.6 Å². The second-order valence-corrected chi connectivity index (χ2v) is 2.85. The zero-order valence-electron chi connectivity index (χ0n) is 7.20. The lowest BCUT2D eigenvalue weighted by atomic mass is 10.1. The Morgan fingerprint density at radius 1 is 1.46 bits per heavy atom. The Morgan fingerprint density at radius 3 is 2.62 bits per heavy atom. The van der Waals surface area contributed by atoms with E-state index in [4.69, 9.17) is 16.6 Å². The third-order valence-electron chi connectivity index (χ3n) is 1.93. The second kappa shape index (κ2) is 4.32. The first-order chi connectivity index (χ1) is 6.19. The maximum atomic E-state index is 13.1. The van der Waals surface area contributed by atoms with Crippen molar-refractivity contribution in [3.05, 3.63) is 35.1 Å². The molecule has 0 saturated heterocycles. The van der Waals surface area contributed by atoms with Crippen LogP contribution < -0.4 is 11.5 Å². The van der Waals surface area contributed by atoms with Gasteiger partial charge in [0.25, 0.3) is 0 Å². The fraction of sp³-hybridized carbons (Fsp3) is 0.333. The van der Waals surface area contributed by atoms with Crippen LogP contribution in [-0.2, 0) is 6.61 Å². The van der Waals surface area contributed by atoms with Gasteiger partial charge in [-0.25, -0.2) is 4.39 Å². The molecule has 0 aliphatic rings. The van der Waals surface area contributed by atoms with Gasteiger partial charge in [-0.05, 0) is 11.6 Å². The number of aliphatic hydroxyl groups is 1. The predicted octanol–water partition coefficient (Wildman–Crippen LogP) is 0.276. The molecule has 0 saturated carbocycles. The number of hydrogen-bond acceptors (Lipinski definition) is 3. The molecular formula is C9H13FN2O. The zero-order valence-corrected chi connectivity index (χ0v) is 7.20.